The van der Waals surface area contributed by atoms with Gasteiger partial charge in [-0.1, -0.05) is 54.1 Å². The number of rotatable bonds is 8. The van der Waals surface area contributed by atoms with Gasteiger partial charge < -0.3 is 34.0 Å². The van der Waals surface area contributed by atoms with Crippen molar-refractivity contribution in [2.24, 2.45) is 7.05 Å². The molecule has 0 unspecified atom stereocenters. The third-order valence-corrected chi connectivity index (χ3v) is 6.94. The van der Waals surface area contributed by atoms with Gasteiger partial charge in [0.05, 0.1) is 34.5 Å². The van der Waals surface area contributed by atoms with E-state index in [2.05, 4.69) is 5.32 Å². The maximum absolute atomic E-state index is 14.1. The number of aldehydes is 1. The number of nitrogens with zero attached hydrogens (tertiary/aromatic N) is 1. The summed E-state index contributed by atoms with van der Waals surface area (Å²) in [5, 5.41) is 11.8. The summed E-state index contributed by atoms with van der Waals surface area (Å²) in [4.78, 5) is 26.7. The average molecular weight is 595 g/mol. The number of pyridine rings is 1. The van der Waals surface area contributed by atoms with Crippen LogP contribution < -0.4 is 15.6 Å². The van der Waals surface area contributed by atoms with E-state index in [1.54, 1.807) is 20.4 Å². The van der Waals surface area contributed by atoms with E-state index in [1.165, 1.54) is 4.57 Å². The van der Waals surface area contributed by atoms with E-state index in [4.69, 9.17) is 30.9 Å². The summed E-state index contributed by atoms with van der Waals surface area (Å²) >= 11 is 7.07. The van der Waals surface area contributed by atoms with Crippen molar-refractivity contribution in [3.05, 3.63) is 93.2 Å². The van der Waals surface area contributed by atoms with Gasteiger partial charge in [0.2, 0.25) is 0 Å². The standard InChI is InChI=1S/C32H35ClN2O5.CH4O/c1-7-10-24(29(33)25-19-39-16-15-34-25)27-23-14-9-13-22(20-11-8-12-21(17-20)38-6)28(23)31(37)35(5)30(27)26(18-36)40-32(2,3)4;1-2/h7-14,17-19,26,34H,15-16H2,1-6H3;2H,1H3/b10-7-,29-24-;/t26-;/m0./s1. The Morgan fingerprint density at radius 1 is 1.19 bits per heavy atom. The highest BCUT2D eigenvalue weighted by molar-refractivity contribution is 6.36. The zero-order valence-corrected chi connectivity index (χ0v) is 25.9. The smallest absolute Gasteiger partial charge is 0.259 e. The van der Waals surface area contributed by atoms with Gasteiger partial charge in [-0.05, 0) is 56.3 Å². The average Bonchev–Trinajstić information content (AvgIpc) is 3.01. The lowest BCUT2D eigenvalue weighted by Crippen LogP contribution is -2.31. The molecule has 0 spiro atoms. The fourth-order valence-corrected chi connectivity index (χ4v) is 5.15. The second-order valence-corrected chi connectivity index (χ2v) is 10.8. The van der Waals surface area contributed by atoms with Gasteiger partial charge in [0.15, 0.2) is 12.4 Å². The lowest BCUT2D eigenvalue weighted by atomic mass is 9.90. The van der Waals surface area contributed by atoms with Crippen molar-refractivity contribution < 1.29 is 24.1 Å². The molecule has 0 bridgehead atoms. The number of benzene rings is 2. The van der Waals surface area contributed by atoms with E-state index in [0.717, 1.165) is 24.5 Å². The van der Waals surface area contributed by atoms with Crippen LogP contribution in [0.15, 0.2) is 76.4 Å². The summed E-state index contributed by atoms with van der Waals surface area (Å²) in [6.45, 7) is 8.61. The molecule has 2 heterocycles. The van der Waals surface area contributed by atoms with Crippen molar-refractivity contribution >= 4 is 34.2 Å². The van der Waals surface area contributed by atoms with E-state index >= 15 is 0 Å². The molecule has 1 aromatic heterocycles. The summed E-state index contributed by atoms with van der Waals surface area (Å²) < 4.78 is 18.7. The van der Waals surface area contributed by atoms with Gasteiger partial charge in [-0.2, -0.15) is 0 Å². The zero-order valence-electron chi connectivity index (χ0n) is 25.2. The predicted molar refractivity (Wildman–Crippen MR) is 169 cm³/mol. The van der Waals surface area contributed by atoms with Gasteiger partial charge in [0.25, 0.3) is 5.56 Å². The quantitative estimate of drug-likeness (QED) is 0.249. The van der Waals surface area contributed by atoms with Crippen LogP contribution in [0.4, 0.5) is 0 Å². The molecule has 0 amide bonds. The molecule has 2 aromatic carbocycles. The summed E-state index contributed by atoms with van der Waals surface area (Å²) in [7, 11) is 4.27. The van der Waals surface area contributed by atoms with E-state index in [-0.39, 0.29) is 5.56 Å². The highest BCUT2D eigenvalue weighted by Crippen LogP contribution is 2.40. The molecule has 42 heavy (non-hydrogen) atoms. The highest BCUT2D eigenvalue weighted by atomic mass is 35.5. The number of aliphatic hydroxyl groups is 1. The number of hydrogen-bond donors (Lipinski definition) is 2. The van der Waals surface area contributed by atoms with Gasteiger partial charge in [0.1, 0.15) is 18.6 Å². The molecule has 0 fully saturated rings. The molecule has 9 heteroatoms. The number of carbonyl (C=O) groups excluding carboxylic acids is 1. The Balaban J connectivity index is 0.00000237. The SMILES string of the molecule is C/C=C\C(=C(\Cl)C1=COCCN1)c1c([C@H](C=O)OC(C)(C)C)n(C)c(=O)c2c(-c3cccc(OC)c3)cccc12.CO. The van der Waals surface area contributed by atoms with Gasteiger partial charge in [-0.25, -0.2) is 0 Å². The molecule has 0 radical (unpaired) electrons. The number of allylic oxidation sites excluding steroid dienone is 4. The lowest BCUT2D eigenvalue weighted by Gasteiger charge is -2.29. The number of methoxy groups -OCH3 is 1. The summed E-state index contributed by atoms with van der Waals surface area (Å²) in [6, 6.07) is 13.2. The maximum atomic E-state index is 14.1. The number of aliphatic hydroxyl groups excluding tert-OH is 1. The van der Waals surface area contributed by atoms with Crippen LogP contribution in [0.2, 0.25) is 0 Å². The third kappa shape index (κ3) is 6.95. The minimum atomic E-state index is -1.04. The Labute approximate surface area is 251 Å². The fourth-order valence-electron chi connectivity index (χ4n) is 4.89. The van der Waals surface area contributed by atoms with Gasteiger partial charge >= 0.3 is 0 Å². The number of nitrogens with one attached hydrogen (secondary N) is 1. The first-order chi connectivity index (χ1) is 20.1. The summed E-state index contributed by atoms with van der Waals surface area (Å²) in [5.74, 6) is 0.677. The second kappa shape index (κ2) is 14.4. The van der Waals surface area contributed by atoms with Crippen molar-refractivity contribution in [2.75, 3.05) is 27.4 Å². The van der Waals surface area contributed by atoms with Crippen molar-refractivity contribution in [3.8, 4) is 16.9 Å². The van der Waals surface area contributed by atoms with Crippen LogP contribution in [0, 0.1) is 0 Å². The van der Waals surface area contributed by atoms with Crippen LogP contribution in [0.5, 0.6) is 5.75 Å². The third-order valence-electron chi connectivity index (χ3n) is 6.54. The molecule has 2 N–H and O–H groups in total. The van der Waals surface area contributed by atoms with Gasteiger partial charge in [0, 0.05) is 31.8 Å². The molecule has 1 aliphatic rings. The maximum Gasteiger partial charge on any atom is 0.259 e. The first-order valence-corrected chi connectivity index (χ1v) is 14.0. The monoisotopic (exact) mass is 594 g/mol. The van der Waals surface area contributed by atoms with E-state index in [0.29, 0.717) is 57.2 Å². The molecule has 3 aromatic rings. The van der Waals surface area contributed by atoms with Crippen molar-refractivity contribution in [1.29, 1.82) is 0 Å². The van der Waals surface area contributed by atoms with Crippen molar-refractivity contribution in [3.63, 3.8) is 0 Å². The Morgan fingerprint density at radius 3 is 2.50 bits per heavy atom. The second-order valence-electron chi connectivity index (χ2n) is 10.4. The molecule has 8 nitrogen and oxygen atoms in total. The molecule has 4 rings (SSSR count). The molecule has 0 saturated carbocycles. The molecule has 1 atom stereocenters. The topological polar surface area (TPSA) is 99.0 Å². The summed E-state index contributed by atoms with van der Waals surface area (Å²) in [6.07, 6.45) is 5.02. The minimum absolute atomic E-state index is 0.259. The predicted octanol–water partition coefficient (Wildman–Crippen LogP) is 5.86. The minimum Gasteiger partial charge on any atom is -0.497 e. The molecule has 1 aliphatic heterocycles. The van der Waals surface area contributed by atoms with Crippen LogP contribution in [0.25, 0.3) is 27.5 Å². The number of hydrogen-bond acceptors (Lipinski definition) is 7. The Morgan fingerprint density at radius 2 is 1.90 bits per heavy atom. The number of fused-ring (bicyclic) bond motifs is 1. The first-order valence-electron chi connectivity index (χ1n) is 13.6. The van der Waals surface area contributed by atoms with Crippen molar-refractivity contribution in [2.45, 2.75) is 39.4 Å². The number of aromatic nitrogens is 1. The fraction of sp³-hybridized carbons (Fsp3) is 0.333. The van der Waals surface area contributed by atoms with Crippen LogP contribution in [0.1, 0.15) is 45.1 Å². The van der Waals surface area contributed by atoms with Gasteiger partial charge in [-0.15, -0.1) is 0 Å². The van der Waals surface area contributed by atoms with E-state index in [9.17, 15) is 9.59 Å². The number of halogens is 1. The molecular formula is C33H39ClN2O6. The first kappa shape index (κ1) is 32.7. The Hall–Kier alpha value is -3.85. The van der Waals surface area contributed by atoms with Crippen molar-refractivity contribution in [1.82, 2.24) is 9.88 Å². The van der Waals surface area contributed by atoms with E-state index in [1.807, 2.05) is 82.3 Å². The Bertz CT molecular complexity index is 1580. The van der Waals surface area contributed by atoms with Crippen LogP contribution in [-0.4, -0.2) is 48.9 Å². The number of ether oxygens (including phenoxy) is 3. The van der Waals surface area contributed by atoms with Gasteiger partial charge in [-0.3, -0.25) is 4.79 Å². The normalized spacial score (nSPS) is 14.6. The highest BCUT2D eigenvalue weighted by Gasteiger charge is 2.30. The molecule has 0 saturated heterocycles. The van der Waals surface area contributed by atoms with Crippen LogP contribution in [-0.2, 0) is 21.3 Å². The molecular weight excluding hydrogens is 556 g/mol. The Kier molecular flexibility index (Phi) is 11.2. The zero-order chi connectivity index (χ0) is 31.0. The van der Waals surface area contributed by atoms with E-state index < -0.39 is 11.7 Å². The lowest BCUT2D eigenvalue weighted by molar-refractivity contribution is -0.129. The number of carbonyl (C=O) groups is 1. The van der Waals surface area contributed by atoms with Crippen LogP contribution in [0.3, 0.4) is 0 Å². The van der Waals surface area contributed by atoms with Crippen LogP contribution >= 0.6 is 11.6 Å². The molecule has 224 valence electrons. The largest absolute Gasteiger partial charge is 0.497 e. The molecule has 0 aliphatic carbocycles. The summed E-state index contributed by atoms with van der Waals surface area (Å²) in [5.41, 5.74) is 2.91.